The largest absolute Gasteiger partial charge is 0.667 e. The summed E-state index contributed by atoms with van der Waals surface area (Å²) >= 11 is 14.3. The van der Waals surface area contributed by atoms with Crippen LogP contribution in [0.15, 0.2) is 54.6 Å². The van der Waals surface area contributed by atoms with Gasteiger partial charge in [0, 0.05) is 19.1 Å². The molecule has 0 aliphatic rings. The number of hydrogen-bond acceptors (Lipinski definition) is 10. The molecule has 0 radical (unpaired) electrons. The lowest BCUT2D eigenvalue weighted by molar-refractivity contribution is -0.711. The van der Waals surface area contributed by atoms with Crippen molar-refractivity contribution in [3.8, 4) is 5.75 Å². The van der Waals surface area contributed by atoms with E-state index in [0.29, 0.717) is 11.3 Å². The van der Waals surface area contributed by atoms with E-state index in [0.717, 1.165) is 5.56 Å². The fraction of sp³-hybridized carbons (Fsp3) is 0.346. The van der Waals surface area contributed by atoms with Gasteiger partial charge in [-0.25, -0.2) is 4.79 Å². The van der Waals surface area contributed by atoms with E-state index >= 15 is 0 Å². The maximum absolute atomic E-state index is 13.0. The lowest BCUT2D eigenvalue weighted by Gasteiger charge is -2.44. The number of quaternary nitrogens is 1. The van der Waals surface area contributed by atoms with Crippen LogP contribution in [-0.4, -0.2) is 71.0 Å². The number of thiol groups is 1. The highest BCUT2D eigenvalue weighted by molar-refractivity contribution is 7.80. The lowest BCUT2D eigenvalue weighted by Crippen LogP contribution is -2.61. The molecule has 0 saturated heterocycles. The average molecular weight is 607 g/mol. The number of carbonyl (C=O) groups excluding carboxylic acids is 5. The van der Waals surface area contributed by atoms with Crippen molar-refractivity contribution < 1.29 is 32.6 Å². The van der Waals surface area contributed by atoms with E-state index in [1.54, 1.807) is 48.5 Å². The first-order valence-electron chi connectivity index (χ1n) is 12.2. The minimum atomic E-state index is -1.08. The summed E-state index contributed by atoms with van der Waals surface area (Å²) in [6.07, 6.45) is 0.313. The summed E-state index contributed by atoms with van der Waals surface area (Å²) in [5.41, 5.74) is 7.52. The highest BCUT2D eigenvalue weighted by atomic mass is 32.1. The molecule has 1 unspecified atom stereocenters. The summed E-state index contributed by atoms with van der Waals surface area (Å²) in [6, 6.07) is 12.4. The third kappa shape index (κ3) is 9.86. The molecular formula is C26H32N5O6S3-. The zero-order chi connectivity index (χ0) is 29.9. The van der Waals surface area contributed by atoms with Crippen molar-refractivity contribution in [3.63, 3.8) is 0 Å². The number of carbonyl (C=O) groups is 5. The zero-order valence-electron chi connectivity index (χ0n) is 22.0. The Bertz CT molecular complexity index is 1200. The number of nitrogens with zero attached hydrogens (tertiary/aromatic N) is 1. The van der Waals surface area contributed by atoms with Crippen LogP contribution in [0.4, 0.5) is 0 Å². The molecule has 0 heterocycles. The molecule has 2 aromatic carbocycles. The Hall–Kier alpha value is -3.04. The van der Waals surface area contributed by atoms with Gasteiger partial charge >= 0.3 is 11.9 Å². The van der Waals surface area contributed by atoms with Crippen LogP contribution >= 0.6 is 12.6 Å². The van der Waals surface area contributed by atoms with Crippen molar-refractivity contribution >= 4 is 67.9 Å². The third-order valence-electron chi connectivity index (χ3n) is 5.97. The molecular weight excluding hydrogens is 575 g/mol. The Kier molecular flexibility index (Phi) is 13.0. The maximum Gasteiger partial charge on any atom is 0.315 e. The van der Waals surface area contributed by atoms with Gasteiger partial charge in [-0.15, -0.1) is 0 Å². The molecule has 0 saturated carbocycles. The number of hydrogen-bond donors (Lipinski definition) is 5. The number of ether oxygens (including phenoxy) is 1. The lowest BCUT2D eigenvalue weighted by atomic mass is 10.0. The fourth-order valence-corrected chi connectivity index (χ4v) is 4.32. The van der Waals surface area contributed by atoms with Crippen LogP contribution in [-0.2, 0) is 62.4 Å². The normalized spacial score (nSPS) is 14.6. The van der Waals surface area contributed by atoms with Crippen molar-refractivity contribution in [1.82, 2.24) is 15.4 Å². The van der Waals surface area contributed by atoms with E-state index in [4.69, 9.17) is 23.3 Å². The van der Waals surface area contributed by atoms with Crippen molar-refractivity contribution in [2.75, 3.05) is 19.3 Å². The van der Waals surface area contributed by atoms with Crippen LogP contribution in [0.5, 0.6) is 5.75 Å². The maximum atomic E-state index is 13.0. The first-order valence-corrected chi connectivity index (χ1v) is 13.6. The van der Waals surface area contributed by atoms with Crippen LogP contribution in [0.3, 0.4) is 0 Å². The quantitative estimate of drug-likeness (QED) is 0.0675. The van der Waals surface area contributed by atoms with Gasteiger partial charge in [0.05, 0.1) is 13.1 Å². The Morgan fingerprint density at radius 3 is 2.10 bits per heavy atom. The van der Waals surface area contributed by atoms with Crippen LogP contribution in [0.2, 0.25) is 0 Å². The molecule has 5 N–H and O–H groups in total. The second-order valence-corrected chi connectivity index (χ2v) is 10.4. The highest BCUT2D eigenvalue weighted by Gasteiger charge is 2.35. The molecule has 4 atom stereocenters. The van der Waals surface area contributed by atoms with Gasteiger partial charge < -0.3 is 55.3 Å². The Labute approximate surface area is 249 Å². The minimum absolute atomic E-state index is 0.0649. The van der Waals surface area contributed by atoms with Gasteiger partial charge in [-0.05, 0) is 29.7 Å². The molecule has 0 aliphatic carbocycles. The molecule has 0 aliphatic heterocycles. The van der Waals surface area contributed by atoms with E-state index in [-0.39, 0.29) is 18.6 Å². The predicted molar refractivity (Wildman–Crippen MR) is 156 cm³/mol. The average Bonchev–Trinajstić information content (AvgIpc) is 2.93. The SMILES string of the molecule is CC(=O)Oc1ccc(C[C@H](N)C(=O)N[C@H](CS)C(=O)NCC(=O)[N+](C)([S-])[C@@H](Cc2ccccc2)C(=O)N[S-])cc1. The van der Waals surface area contributed by atoms with Crippen molar-refractivity contribution in [2.24, 2.45) is 5.73 Å². The van der Waals surface area contributed by atoms with E-state index in [9.17, 15) is 24.0 Å². The summed E-state index contributed by atoms with van der Waals surface area (Å²) in [4.78, 5) is 62.0. The molecule has 4 amide bonds. The fourth-order valence-electron chi connectivity index (χ4n) is 3.69. The summed E-state index contributed by atoms with van der Waals surface area (Å²) in [6.45, 7) is 0.798. The van der Waals surface area contributed by atoms with Gasteiger partial charge in [0.1, 0.15) is 18.3 Å². The van der Waals surface area contributed by atoms with E-state index in [2.05, 4.69) is 40.8 Å². The van der Waals surface area contributed by atoms with Crippen molar-refractivity contribution in [3.05, 3.63) is 65.7 Å². The predicted octanol–water partition coefficient (Wildman–Crippen LogP) is -0.363. The second kappa shape index (κ2) is 15.7. The van der Waals surface area contributed by atoms with Crippen LogP contribution in [0, 0.1) is 0 Å². The summed E-state index contributed by atoms with van der Waals surface area (Å²) < 4.78 is 6.32. The van der Waals surface area contributed by atoms with Gasteiger partial charge in [0.25, 0.3) is 5.91 Å². The van der Waals surface area contributed by atoms with E-state index in [1.165, 1.54) is 14.0 Å². The topological polar surface area (TPSA) is 157 Å². The molecule has 2 rings (SSSR count). The number of esters is 1. The Morgan fingerprint density at radius 2 is 1.55 bits per heavy atom. The number of nitrogens with two attached hydrogens (primary N) is 1. The smallest absolute Gasteiger partial charge is 0.315 e. The molecule has 0 aromatic heterocycles. The summed E-state index contributed by atoms with van der Waals surface area (Å²) in [5, 5.41) is 4.98. The standard InChI is InChI=1S/C26H32N5O6S3/c1-16(32)37-19-10-8-18(9-11-19)12-20(27)24(34)29-21(15-38)25(35)28-14-23(33)31(2,40)22(26(36)30-39)13-17-6-4-3-5-7-17/h3-11,20-22H,12-15,27H2,1-2H3,(H4-,28,29,30,34,35,36,38,39)/q-1/t20-,21+,22-,31?/m0/s1. The van der Waals surface area contributed by atoms with Crippen molar-refractivity contribution in [2.45, 2.75) is 37.9 Å². The van der Waals surface area contributed by atoms with Gasteiger partial charge in [-0.2, -0.15) is 12.6 Å². The number of likely N-dealkylation sites (N-methyl/N-ethyl adjacent to an activating group) is 1. The molecule has 0 fully saturated rings. The molecule has 0 bridgehead atoms. The van der Waals surface area contributed by atoms with E-state index in [1.807, 2.05) is 6.07 Å². The zero-order valence-corrected chi connectivity index (χ0v) is 24.5. The highest BCUT2D eigenvalue weighted by Crippen LogP contribution is 2.16. The Balaban J connectivity index is 1.96. The molecule has 11 nitrogen and oxygen atoms in total. The van der Waals surface area contributed by atoms with Gasteiger partial charge in [-0.1, -0.05) is 42.5 Å². The van der Waals surface area contributed by atoms with Crippen molar-refractivity contribution in [1.29, 1.82) is 0 Å². The first kappa shape index (κ1) is 33.2. The minimum Gasteiger partial charge on any atom is -0.667 e. The molecule has 2 aromatic rings. The monoisotopic (exact) mass is 606 g/mol. The van der Waals surface area contributed by atoms with Crippen LogP contribution < -0.4 is 25.8 Å². The van der Waals surface area contributed by atoms with Crippen LogP contribution in [0.25, 0.3) is 0 Å². The third-order valence-corrected chi connectivity index (χ3v) is 7.00. The second-order valence-electron chi connectivity index (χ2n) is 9.07. The van der Waals surface area contributed by atoms with Gasteiger partial charge in [-0.3, -0.25) is 19.2 Å². The number of rotatable bonds is 13. The number of amides is 4. The van der Waals surface area contributed by atoms with Crippen LogP contribution in [0.1, 0.15) is 18.1 Å². The molecule has 14 heteroatoms. The van der Waals surface area contributed by atoms with Gasteiger partial charge in [0.2, 0.25) is 11.8 Å². The first-order chi connectivity index (χ1) is 18.9. The number of nitrogens with one attached hydrogen (secondary N) is 3. The summed E-state index contributed by atoms with van der Waals surface area (Å²) in [5.74, 6) is -2.64. The van der Waals surface area contributed by atoms with E-state index < -0.39 is 58.2 Å². The molecule has 216 valence electrons. The number of benzene rings is 2. The Morgan fingerprint density at radius 1 is 0.950 bits per heavy atom. The molecule has 0 spiro atoms. The van der Waals surface area contributed by atoms with Gasteiger partial charge in [0.15, 0.2) is 6.04 Å². The molecule has 40 heavy (non-hydrogen) atoms. The summed E-state index contributed by atoms with van der Waals surface area (Å²) in [7, 11) is 1.39.